The molecule has 0 amide bonds. The number of ether oxygens (including phenoxy) is 4. The van der Waals surface area contributed by atoms with Crippen LogP contribution in [0.1, 0.15) is 336 Å². The van der Waals surface area contributed by atoms with Crippen molar-refractivity contribution >= 4 is 39.5 Å². The van der Waals surface area contributed by atoms with Crippen LogP contribution >= 0.6 is 15.6 Å². The summed E-state index contributed by atoms with van der Waals surface area (Å²) in [5.74, 6) is -1.34. The van der Waals surface area contributed by atoms with Crippen molar-refractivity contribution in [1.82, 2.24) is 0 Å². The van der Waals surface area contributed by atoms with Gasteiger partial charge in [0.2, 0.25) is 0 Å². The predicted molar refractivity (Wildman–Crippen MR) is 340 cm³/mol. The molecule has 0 heterocycles. The van der Waals surface area contributed by atoms with Crippen molar-refractivity contribution in [2.75, 3.05) is 39.6 Å². The van der Waals surface area contributed by atoms with E-state index in [0.717, 1.165) is 102 Å². The average molecular weight is 1260 g/mol. The minimum absolute atomic E-state index is 0.0989. The molecule has 0 aromatic rings. The van der Waals surface area contributed by atoms with Gasteiger partial charge in [0.05, 0.1) is 26.4 Å². The SMILES string of the molecule is CCCCCCCCCCCCCCCCCCCCCCCC(=O)O[C@H](COC(=O)CCCCCCCCCCCCC(C)CC)COP(=O)(O)OC[C@@H](O)COP(=O)(O)OC[C@@H](COC(=O)CCCCCCC)OC(=O)CCCCCCC. The molecule has 0 radical (unpaired) electrons. The van der Waals surface area contributed by atoms with Crippen LogP contribution in [0, 0.1) is 5.92 Å². The molecule has 0 saturated heterocycles. The van der Waals surface area contributed by atoms with E-state index in [1.807, 2.05) is 0 Å². The predicted octanol–water partition coefficient (Wildman–Crippen LogP) is 18.6. The number of rotatable bonds is 66. The maximum absolute atomic E-state index is 13.0. The third-order valence-corrected chi connectivity index (χ3v) is 17.5. The van der Waals surface area contributed by atoms with E-state index in [4.69, 9.17) is 37.0 Å². The minimum Gasteiger partial charge on any atom is -0.462 e. The van der Waals surface area contributed by atoms with Crippen LogP contribution in [0.25, 0.3) is 0 Å². The van der Waals surface area contributed by atoms with Gasteiger partial charge in [-0.1, -0.05) is 285 Å². The number of phosphoric acid groups is 2. The van der Waals surface area contributed by atoms with Gasteiger partial charge in [0.25, 0.3) is 0 Å². The summed E-state index contributed by atoms with van der Waals surface area (Å²) in [4.78, 5) is 71.7. The molecular formula is C66H128O17P2. The van der Waals surface area contributed by atoms with Crippen molar-refractivity contribution in [3.05, 3.63) is 0 Å². The molecule has 0 saturated carbocycles. The van der Waals surface area contributed by atoms with Gasteiger partial charge in [0.15, 0.2) is 12.2 Å². The number of aliphatic hydroxyl groups excluding tert-OH is 1. The number of esters is 4. The third kappa shape index (κ3) is 59.5. The highest BCUT2D eigenvalue weighted by Gasteiger charge is 2.30. The summed E-state index contributed by atoms with van der Waals surface area (Å²) in [6.07, 6.45) is 45.4. The molecule has 0 rings (SSSR count). The van der Waals surface area contributed by atoms with Gasteiger partial charge < -0.3 is 33.8 Å². The molecule has 0 aliphatic carbocycles. The zero-order valence-electron chi connectivity index (χ0n) is 54.7. The fourth-order valence-corrected chi connectivity index (χ4v) is 11.5. The number of hydrogen-bond acceptors (Lipinski definition) is 15. The molecule has 0 bridgehead atoms. The Morgan fingerprint density at radius 1 is 0.329 bits per heavy atom. The fourth-order valence-electron chi connectivity index (χ4n) is 9.90. The first-order valence-corrected chi connectivity index (χ1v) is 37.7. The number of phosphoric ester groups is 2. The second-order valence-corrected chi connectivity index (χ2v) is 27.0. The standard InChI is InChI=1S/C66H128O17P2/c1-6-10-13-16-17-18-19-20-21-22-23-24-25-26-27-28-29-34-37-42-47-52-66(71)83-62(56-77-64(69)50-45-41-36-33-31-30-32-35-40-43-48-59(5)9-4)58-81-85(74,75)79-54-60(67)53-78-84(72,73)80-57-61(82-65(70)51-46-39-15-12-8-3)55-76-63(68)49-44-38-14-11-7-2/h59-62,67H,6-58H2,1-5H3,(H,72,73)(H,74,75)/t59?,60-,61+,62+/m0/s1. The van der Waals surface area contributed by atoms with Crippen LogP contribution in [-0.4, -0.2) is 96.7 Å². The Balaban J connectivity index is 5.05. The van der Waals surface area contributed by atoms with Crippen LogP contribution in [0.4, 0.5) is 0 Å². The van der Waals surface area contributed by atoms with Crippen LogP contribution in [-0.2, 0) is 65.4 Å². The molecule has 504 valence electrons. The van der Waals surface area contributed by atoms with Crippen molar-refractivity contribution in [3.8, 4) is 0 Å². The van der Waals surface area contributed by atoms with Gasteiger partial charge in [0.1, 0.15) is 19.3 Å². The molecule has 85 heavy (non-hydrogen) atoms. The van der Waals surface area contributed by atoms with Gasteiger partial charge in [-0.15, -0.1) is 0 Å². The van der Waals surface area contributed by atoms with Crippen molar-refractivity contribution < 1.29 is 80.2 Å². The Kier molecular flexibility index (Phi) is 58.3. The monoisotopic (exact) mass is 1250 g/mol. The molecule has 0 aliphatic rings. The molecular weight excluding hydrogens is 1130 g/mol. The summed E-state index contributed by atoms with van der Waals surface area (Å²) in [7, 11) is -9.87. The minimum atomic E-state index is -4.94. The summed E-state index contributed by atoms with van der Waals surface area (Å²) in [6.45, 7) is 7.05. The smallest absolute Gasteiger partial charge is 0.462 e. The first-order chi connectivity index (χ1) is 41.1. The summed E-state index contributed by atoms with van der Waals surface area (Å²) in [6, 6.07) is 0. The molecule has 3 unspecified atom stereocenters. The van der Waals surface area contributed by atoms with Gasteiger partial charge in [-0.3, -0.25) is 37.3 Å². The lowest BCUT2D eigenvalue weighted by Crippen LogP contribution is -2.30. The first kappa shape index (κ1) is 83.1. The largest absolute Gasteiger partial charge is 0.472 e. The van der Waals surface area contributed by atoms with Crippen LogP contribution in [0.5, 0.6) is 0 Å². The highest BCUT2D eigenvalue weighted by molar-refractivity contribution is 7.47. The second kappa shape index (κ2) is 59.7. The average Bonchev–Trinajstić information content (AvgIpc) is 3.58. The Morgan fingerprint density at radius 3 is 0.835 bits per heavy atom. The topological polar surface area (TPSA) is 237 Å². The number of hydrogen-bond donors (Lipinski definition) is 3. The van der Waals surface area contributed by atoms with E-state index >= 15 is 0 Å². The van der Waals surface area contributed by atoms with E-state index in [2.05, 4.69) is 34.6 Å². The highest BCUT2D eigenvalue weighted by atomic mass is 31.2. The Hall–Kier alpha value is -1.94. The van der Waals surface area contributed by atoms with E-state index in [1.54, 1.807) is 0 Å². The zero-order valence-corrected chi connectivity index (χ0v) is 56.5. The van der Waals surface area contributed by atoms with Crippen molar-refractivity contribution in [3.63, 3.8) is 0 Å². The molecule has 0 aliphatic heterocycles. The quantitative estimate of drug-likeness (QED) is 0.0222. The maximum atomic E-state index is 13.0. The van der Waals surface area contributed by atoms with Crippen molar-refractivity contribution in [2.24, 2.45) is 5.92 Å². The van der Waals surface area contributed by atoms with Crippen LogP contribution in [0.3, 0.4) is 0 Å². The van der Waals surface area contributed by atoms with Crippen LogP contribution in [0.2, 0.25) is 0 Å². The van der Waals surface area contributed by atoms with Gasteiger partial charge in [-0.25, -0.2) is 9.13 Å². The maximum Gasteiger partial charge on any atom is 0.472 e. The Bertz CT molecular complexity index is 1650. The van der Waals surface area contributed by atoms with Gasteiger partial charge in [-0.05, 0) is 31.6 Å². The Labute approximate surface area is 517 Å². The fraction of sp³-hybridized carbons (Fsp3) is 0.939. The normalized spacial score (nSPS) is 14.5. The van der Waals surface area contributed by atoms with Crippen LogP contribution < -0.4 is 0 Å². The van der Waals surface area contributed by atoms with E-state index < -0.39 is 97.5 Å². The van der Waals surface area contributed by atoms with E-state index in [1.165, 1.54) is 154 Å². The summed E-state index contributed by atoms with van der Waals surface area (Å²) in [5, 5.41) is 10.5. The van der Waals surface area contributed by atoms with Gasteiger partial charge >= 0.3 is 39.5 Å². The molecule has 0 aromatic carbocycles. The van der Waals surface area contributed by atoms with Gasteiger partial charge in [-0.2, -0.15) is 0 Å². The lowest BCUT2D eigenvalue weighted by Gasteiger charge is -2.21. The lowest BCUT2D eigenvalue weighted by atomic mass is 9.99. The summed E-state index contributed by atoms with van der Waals surface area (Å²) in [5.41, 5.74) is 0. The second-order valence-electron chi connectivity index (χ2n) is 24.1. The first-order valence-electron chi connectivity index (χ1n) is 34.7. The molecule has 19 heteroatoms. The molecule has 0 fully saturated rings. The van der Waals surface area contributed by atoms with Crippen LogP contribution in [0.15, 0.2) is 0 Å². The summed E-state index contributed by atoms with van der Waals surface area (Å²) < 4.78 is 67.6. The number of aliphatic hydroxyl groups is 1. The summed E-state index contributed by atoms with van der Waals surface area (Å²) >= 11 is 0. The third-order valence-electron chi connectivity index (χ3n) is 15.6. The molecule has 3 N–H and O–H groups in total. The van der Waals surface area contributed by atoms with E-state index in [0.29, 0.717) is 25.7 Å². The van der Waals surface area contributed by atoms with Crippen molar-refractivity contribution in [2.45, 2.75) is 355 Å². The molecule has 0 spiro atoms. The van der Waals surface area contributed by atoms with Crippen molar-refractivity contribution in [1.29, 1.82) is 0 Å². The molecule has 0 aromatic heterocycles. The molecule has 6 atom stereocenters. The van der Waals surface area contributed by atoms with Gasteiger partial charge in [0, 0.05) is 25.7 Å². The van der Waals surface area contributed by atoms with E-state index in [-0.39, 0.29) is 25.7 Å². The number of carbonyl (C=O) groups excluding carboxylic acids is 4. The number of carbonyl (C=O) groups is 4. The van der Waals surface area contributed by atoms with E-state index in [9.17, 15) is 43.2 Å². The highest BCUT2D eigenvalue weighted by Crippen LogP contribution is 2.45. The lowest BCUT2D eigenvalue weighted by molar-refractivity contribution is -0.161. The number of unbranched alkanes of at least 4 members (excludes halogenated alkanes) is 37. The Morgan fingerprint density at radius 2 is 0.565 bits per heavy atom. The zero-order chi connectivity index (χ0) is 62.8. The molecule has 17 nitrogen and oxygen atoms in total.